The number of rotatable bonds is 5. The van der Waals surface area contributed by atoms with E-state index in [1.807, 2.05) is 0 Å². The molecule has 224 valence electrons. The highest BCUT2D eigenvalue weighted by atomic mass is 19.1. The summed E-state index contributed by atoms with van der Waals surface area (Å²) in [5.74, 6) is -0.638. The topological polar surface area (TPSA) is 121 Å². The summed E-state index contributed by atoms with van der Waals surface area (Å²) in [7, 11) is 0. The molecule has 2 aromatic carbocycles. The minimum absolute atomic E-state index is 0.0118. The highest BCUT2D eigenvalue weighted by Crippen LogP contribution is 2.41. The highest BCUT2D eigenvalue weighted by Gasteiger charge is 2.49. The Hall–Kier alpha value is -4.32. The second-order valence-corrected chi connectivity index (χ2v) is 11.7. The molecule has 2 aromatic heterocycles. The number of fused-ring (bicyclic) bond motifs is 3. The molecule has 3 aliphatic heterocycles. The summed E-state index contributed by atoms with van der Waals surface area (Å²) in [5.41, 5.74) is -0.399. The van der Waals surface area contributed by atoms with Crippen molar-refractivity contribution in [3.8, 4) is 23.1 Å². The fraction of sp³-hybridized carbons (Fsp3) is 0.419. The van der Waals surface area contributed by atoms with Crippen LogP contribution in [0, 0.1) is 12.7 Å². The molecule has 0 aliphatic carbocycles. The molecule has 3 saturated heterocycles. The van der Waals surface area contributed by atoms with Gasteiger partial charge in [-0.25, -0.2) is 13.6 Å². The van der Waals surface area contributed by atoms with E-state index in [0.717, 1.165) is 19.4 Å². The number of halogens is 2. The van der Waals surface area contributed by atoms with Crippen molar-refractivity contribution >= 4 is 33.4 Å². The smallest absolute Gasteiger partial charge is 0.349 e. The molecule has 1 amide bonds. The first-order valence-electron chi connectivity index (χ1n) is 14.5. The summed E-state index contributed by atoms with van der Waals surface area (Å²) in [5, 5.41) is 14.0. The molecular formula is C31H31F2N5O5. The molecule has 5 heterocycles. The lowest BCUT2D eigenvalue weighted by Crippen LogP contribution is -2.43. The van der Waals surface area contributed by atoms with Gasteiger partial charge in [-0.2, -0.15) is 9.97 Å². The monoisotopic (exact) mass is 591 g/mol. The zero-order valence-corrected chi connectivity index (χ0v) is 23.7. The largest absolute Gasteiger partial charge is 0.508 e. The van der Waals surface area contributed by atoms with Gasteiger partial charge in [-0.1, -0.05) is 12.1 Å². The number of benzene rings is 2. The molecule has 0 spiro atoms. The predicted octanol–water partition coefficient (Wildman–Crippen LogP) is 3.84. The highest BCUT2D eigenvalue weighted by molar-refractivity contribution is 6.01. The maximum absolute atomic E-state index is 15.1. The summed E-state index contributed by atoms with van der Waals surface area (Å²) in [6, 6.07) is 7.26. The number of nitrogens with one attached hydrogen (secondary N) is 1. The van der Waals surface area contributed by atoms with Gasteiger partial charge >= 0.3 is 11.6 Å². The van der Waals surface area contributed by atoms with Crippen molar-refractivity contribution in [2.75, 3.05) is 44.2 Å². The molecule has 43 heavy (non-hydrogen) atoms. The fourth-order valence-corrected chi connectivity index (χ4v) is 6.95. The average Bonchev–Trinajstić information content (AvgIpc) is 3.40. The molecule has 0 saturated carbocycles. The second-order valence-electron chi connectivity index (χ2n) is 11.7. The van der Waals surface area contributed by atoms with Gasteiger partial charge in [-0.3, -0.25) is 9.69 Å². The normalized spacial score (nSPS) is 22.6. The maximum atomic E-state index is 15.1. The number of aryl methyl sites for hydroxylation is 1. The van der Waals surface area contributed by atoms with Gasteiger partial charge in [-0.05, 0) is 56.3 Å². The summed E-state index contributed by atoms with van der Waals surface area (Å²) >= 11 is 0. The Bertz CT molecular complexity index is 1830. The van der Waals surface area contributed by atoms with Crippen molar-refractivity contribution in [2.24, 2.45) is 0 Å². The lowest BCUT2D eigenvalue weighted by atomic mass is 9.95. The van der Waals surface area contributed by atoms with Gasteiger partial charge in [0, 0.05) is 42.6 Å². The molecule has 0 unspecified atom stereocenters. The number of amides is 1. The summed E-state index contributed by atoms with van der Waals surface area (Å²) in [6.45, 7) is 3.92. The van der Waals surface area contributed by atoms with Crippen LogP contribution in [-0.2, 0) is 4.79 Å². The second kappa shape index (κ2) is 10.4. The lowest BCUT2D eigenvalue weighted by molar-refractivity contribution is -0.119. The molecule has 3 aliphatic rings. The van der Waals surface area contributed by atoms with E-state index in [4.69, 9.17) is 9.15 Å². The van der Waals surface area contributed by atoms with Crippen LogP contribution in [0.5, 0.6) is 11.8 Å². The standard InChI is InChI=1S/C31H31F2N5O5/c1-17-26-25(29(41)43-27(17)21-12-20(39)11-18-5-2-6-22(33)24(18)21)28(37-9-4-8-34-23(40)15-37)36-30(35-26)42-16-31-7-3-10-38(31)14-19(32)13-31/h2,5-6,11-12,19,39H,3-4,7-10,13-16H2,1H3,(H,34,40)/t19-,31+/m1/s1. The number of aromatic nitrogens is 2. The first kappa shape index (κ1) is 27.5. The lowest BCUT2D eigenvalue weighted by Gasteiger charge is -2.31. The molecular weight excluding hydrogens is 560 g/mol. The SMILES string of the molecule is Cc1c(-c2cc(O)cc3cccc(F)c23)oc(=O)c2c(N3CCCNC(=O)C3)nc(OC[C@@]34CCCN3C[C@H](F)C4)nc12. The molecule has 7 rings (SSSR count). The van der Waals surface area contributed by atoms with Gasteiger partial charge < -0.3 is 24.5 Å². The number of phenolic OH excluding ortho intramolecular Hbond substituents is 1. The summed E-state index contributed by atoms with van der Waals surface area (Å²) < 4.78 is 41.6. The van der Waals surface area contributed by atoms with Crippen LogP contribution >= 0.6 is 0 Å². The molecule has 4 aromatic rings. The average molecular weight is 592 g/mol. The van der Waals surface area contributed by atoms with Crippen molar-refractivity contribution in [3.05, 3.63) is 52.1 Å². The van der Waals surface area contributed by atoms with Gasteiger partial charge in [0.1, 0.15) is 35.5 Å². The van der Waals surface area contributed by atoms with Crippen LogP contribution in [0.25, 0.3) is 33.0 Å². The third kappa shape index (κ3) is 4.73. The minimum Gasteiger partial charge on any atom is -0.508 e. The zero-order chi connectivity index (χ0) is 29.9. The van der Waals surface area contributed by atoms with Gasteiger partial charge in [0.25, 0.3) is 0 Å². The molecule has 12 heteroatoms. The van der Waals surface area contributed by atoms with Crippen LogP contribution in [0.4, 0.5) is 14.6 Å². The quantitative estimate of drug-likeness (QED) is 0.357. The van der Waals surface area contributed by atoms with Gasteiger partial charge in [0.05, 0.1) is 17.6 Å². The van der Waals surface area contributed by atoms with Crippen molar-refractivity contribution in [1.29, 1.82) is 0 Å². The predicted molar refractivity (Wildman–Crippen MR) is 156 cm³/mol. The van der Waals surface area contributed by atoms with Crippen LogP contribution in [0.1, 0.15) is 31.2 Å². The Balaban J connectivity index is 1.40. The van der Waals surface area contributed by atoms with E-state index < -0.39 is 23.2 Å². The summed E-state index contributed by atoms with van der Waals surface area (Å²) in [6.07, 6.45) is 1.80. The van der Waals surface area contributed by atoms with Crippen molar-refractivity contribution in [1.82, 2.24) is 20.2 Å². The van der Waals surface area contributed by atoms with E-state index in [9.17, 15) is 19.1 Å². The van der Waals surface area contributed by atoms with E-state index in [0.29, 0.717) is 43.4 Å². The molecule has 0 bridgehead atoms. The Morgan fingerprint density at radius 1 is 1.19 bits per heavy atom. The zero-order valence-electron chi connectivity index (χ0n) is 23.7. The number of carbonyl (C=O) groups excluding carboxylic acids is 1. The number of hydrogen-bond acceptors (Lipinski definition) is 9. The van der Waals surface area contributed by atoms with E-state index in [-0.39, 0.29) is 64.2 Å². The molecule has 3 fully saturated rings. The number of ether oxygens (including phenoxy) is 1. The number of phenols is 1. The number of hydrogen-bond donors (Lipinski definition) is 2. The first-order chi connectivity index (χ1) is 20.7. The van der Waals surface area contributed by atoms with Crippen LogP contribution in [0.3, 0.4) is 0 Å². The molecule has 10 nitrogen and oxygen atoms in total. The van der Waals surface area contributed by atoms with E-state index in [1.54, 1.807) is 17.9 Å². The molecule has 0 radical (unpaired) electrons. The van der Waals surface area contributed by atoms with Crippen molar-refractivity contribution in [3.63, 3.8) is 0 Å². The van der Waals surface area contributed by atoms with Crippen LogP contribution < -0.4 is 20.6 Å². The third-order valence-electron chi connectivity index (χ3n) is 8.91. The number of alkyl halides is 1. The van der Waals surface area contributed by atoms with Gasteiger partial charge in [-0.15, -0.1) is 0 Å². The Morgan fingerprint density at radius 3 is 2.91 bits per heavy atom. The Morgan fingerprint density at radius 2 is 2.05 bits per heavy atom. The fourth-order valence-electron chi connectivity index (χ4n) is 6.95. The van der Waals surface area contributed by atoms with E-state index in [1.165, 1.54) is 24.3 Å². The van der Waals surface area contributed by atoms with Crippen molar-refractivity contribution < 1.29 is 27.8 Å². The number of nitrogens with zero attached hydrogens (tertiary/aromatic N) is 4. The Kier molecular flexibility index (Phi) is 6.68. The van der Waals surface area contributed by atoms with Crippen LogP contribution in [-0.4, -0.2) is 76.9 Å². The first-order valence-corrected chi connectivity index (χ1v) is 14.5. The Labute approximate surface area is 245 Å². The minimum atomic E-state index is -0.931. The number of aromatic hydroxyl groups is 1. The number of carbonyl (C=O) groups is 1. The van der Waals surface area contributed by atoms with Crippen molar-refractivity contribution in [2.45, 2.75) is 44.3 Å². The molecule has 2 N–H and O–H groups in total. The molecule has 2 atom stereocenters. The van der Waals surface area contributed by atoms with E-state index >= 15 is 4.39 Å². The van der Waals surface area contributed by atoms with Crippen LogP contribution in [0.15, 0.2) is 39.5 Å². The van der Waals surface area contributed by atoms with Gasteiger partial charge in [0.2, 0.25) is 5.91 Å². The number of anilines is 1. The third-order valence-corrected chi connectivity index (χ3v) is 8.91. The van der Waals surface area contributed by atoms with Crippen LogP contribution in [0.2, 0.25) is 0 Å². The summed E-state index contributed by atoms with van der Waals surface area (Å²) in [4.78, 5) is 39.3. The van der Waals surface area contributed by atoms with E-state index in [2.05, 4.69) is 20.2 Å². The maximum Gasteiger partial charge on any atom is 0.349 e. The van der Waals surface area contributed by atoms with Gasteiger partial charge in [0.15, 0.2) is 5.82 Å².